The van der Waals surface area contributed by atoms with E-state index in [9.17, 15) is 0 Å². The van der Waals surface area contributed by atoms with E-state index in [2.05, 4.69) is 19.9 Å². The van der Waals surface area contributed by atoms with Crippen LogP contribution in [-0.4, -0.2) is 39.8 Å². The second-order valence-corrected chi connectivity index (χ2v) is 5.11. The molecule has 0 bridgehead atoms. The predicted molar refractivity (Wildman–Crippen MR) is 87.1 cm³/mol. The summed E-state index contributed by atoms with van der Waals surface area (Å²) in [6, 6.07) is 5.64. The zero-order valence-corrected chi connectivity index (χ0v) is 13.0. The first-order valence-corrected chi connectivity index (χ1v) is 7.57. The van der Waals surface area contributed by atoms with Crippen molar-refractivity contribution in [2.45, 2.75) is 6.92 Å². The predicted octanol–water partition coefficient (Wildman–Crippen LogP) is 1.84. The number of nitrogens with two attached hydrogens (primary N) is 1. The molecule has 3 heterocycles. The Bertz CT molecular complexity index is 916. The minimum atomic E-state index is 0.104. The number of nitrogen functional groups attached to an aromatic ring is 1. The minimum absolute atomic E-state index is 0.104. The van der Waals surface area contributed by atoms with Crippen molar-refractivity contribution in [3.63, 3.8) is 0 Å². The maximum atomic E-state index is 5.68. The lowest BCUT2D eigenvalue weighted by molar-refractivity contribution is 0.171. The third-order valence-corrected chi connectivity index (χ3v) is 3.51. The fourth-order valence-corrected chi connectivity index (χ4v) is 2.48. The fraction of sp³-hybridized carbons (Fsp3) is 0.250. The van der Waals surface area contributed by atoms with Crippen LogP contribution in [0.25, 0.3) is 22.4 Å². The highest BCUT2D eigenvalue weighted by Crippen LogP contribution is 2.34. The molecule has 0 atom stereocenters. The maximum absolute atomic E-state index is 5.68. The molecule has 0 aliphatic carbocycles. The Balaban J connectivity index is 1.82. The quantitative estimate of drug-likeness (QED) is 0.777. The highest BCUT2D eigenvalue weighted by atomic mass is 16.6. The molecule has 122 valence electrons. The molecule has 0 spiro atoms. The maximum Gasteiger partial charge on any atom is 0.247 e. The molecular weight excluding hydrogens is 310 g/mol. The molecule has 0 amide bonds. The molecule has 8 nitrogen and oxygen atoms in total. The monoisotopic (exact) mass is 325 g/mol. The summed E-state index contributed by atoms with van der Waals surface area (Å²) < 4.78 is 16.6. The molecule has 4 rings (SSSR count). The van der Waals surface area contributed by atoms with Crippen LogP contribution in [0.1, 0.15) is 6.92 Å². The molecule has 1 aromatic carbocycles. The molecule has 0 unspecified atom stereocenters. The molecule has 2 N–H and O–H groups in total. The standard InChI is InChI=1S/C16H15N5O3/c1-2-22-15-13-14(20-16(17)21-15)18-8-10(19-13)9-3-4-11-12(7-9)24-6-5-23-11/h3-4,7-8H,2,5-6H2,1H3,(H2,17,18,20,21). The molecule has 1 aliphatic rings. The highest BCUT2D eigenvalue weighted by Gasteiger charge is 2.15. The number of fused-ring (bicyclic) bond motifs is 2. The summed E-state index contributed by atoms with van der Waals surface area (Å²) in [5.41, 5.74) is 8.06. The van der Waals surface area contributed by atoms with Gasteiger partial charge in [-0.3, -0.25) is 0 Å². The van der Waals surface area contributed by atoms with Gasteiger partial charge in [0.25, 0.3) is 0 Å². The Morgan fingerprint density at radius 2 is 1.96 bits per heavy atom. The zero-order valence-electron chi connectivity index (χ0n) is 13.0. The van der Waals surface area contributed by atoms with Crippen molar-refractivity contribution in [2.75, 3.05) is 25.6 Å². The van der Waals surface area contributed by atoms with Gasteiger partial charge in [-0.2, -0.15) is 9.97 Å². The van der Waals surface area contributed by atoms with E-state index in [1.54, 1.807) is 6.20 Å². The number of hydrogen-bond donors (Lipinski definition) is 1. The number of anilines is 1. The Morgan fingerprint density at radius 3 is 2.79 bits per heavy atom. The first-order valence-electron chi connectivity index (χ1n) is 7.57. The molecule has 24 heavy (non-hydrogen) atoms. The van der Waals surface area contributed by atoms with E-state index in [0.29, 0.717) is 48.3 Å². The van der Waals surface area contributed by atoms with Gasteiger partial charge in [0.15, 0.2) is 22.7 Å². The zero-order chi connectivity index (χ0) is 16.5. The van der Waals surface area contributed by atoms with Crippen LogP contribution >= 0.6 is 0 Å². The average Bonchev–Trinajstić information content (AvgIpc) is 2.61. The van der Waals surface area contributed by atoms with Gasteiger partial charge in [-0.25, -0.2) is 9.97 Å². The largest absolute Gasteiger partial charge is 0.486 e. The van der Waals surface area contributed by atoms with Gasteiger partial charge in [0.1, 0.15) is 13.2 Å². The molecule has 0 saturated carbocycles. The van der Waals surface area contributed by atoms with Crippen LogP contribution in [0.5, 0.6) is 17.4 Å². The molecule has 0 saturated heterocycles. The number of nitrogens with zero attached hydrogens (tertiary/aromatic N) is 4. The van der Waals surface area contributed by atoms with Crippen molar-refractivity contribution >= 4 is 17.1 Å². The summed E-state index contributed by atoms with van der Waals surface area (Å²) in [7, 11) is 0. The lowest BCUT2D eigenvalue weighted by atomic mass is 10.1. The van der Waals surface area contributed by atoms with Crippen LogP contribution in [0.2, 0.25) is 0 Å². The summed E-state index contributed by atoms with van der Waals surface area (Å²) in [6.45, 7) is 3.39. The Labute approximate surface area is 137 Å². The third-order valence-electron chi connectivity index (χ3n) is 3.51. The lowest BCUT2D eigenvalue weighted by Gasteiger charge is -2.18. The number of ether oxygens (including phenoxy) is 3. The third kappa shape index (κ3) is 2.51. The number of aromatic nitrogens is 4. The van der Waals surface area contributed by atoms with Crippen LogP contribution in [-0.2, 0) is 0 Å². The van der Waals surface area contributed by atoms with Gasteiger partial charge in [-0.15, -0.1) is 0 Å². The average molecular weight is 325 g/mol. The normalized spacial score (nSPS) is 13.0. The van der Waals surface area contributed by atoms with Gasteiger partial charge in [-0.05, 0) is 25.1 Å². The minimum Gasteiger partial charge on any atom is -0.486 e. The Morgan fingerprint density at radius 1 is 1.12 bits per heavy atom. The summed E-state index contributed by atoms with van der Waals surface area (Å²) in [5, 5.41) is 0. The number of hydrogen-bond acceptors (Lipinski definition) is 8. The molecule has 0 radical (unpaired) electrons. The van der Waals surface area contributed by atoms with E-state index < -0.39 is 0 Å². The lowest BCUT2D eigenvalue weighted by Crippen LogP contribution is -2.15. The van der Waals surface area contributed by atoms with Crippen LogP contribution in [0.4, 0.5) is 5.95 Å². The first-order chi connectivity index (χ1) is 11.7. The van der Waals surface area contributed by atoms with E-state index >= 15 is 0 Å². The van der Waals surface area contributed by atoms with Crippen LogP contribution in [0, 0.1) is 0 Å². The van der Waals surface area contributed by atoms with E-state index in [4.69, 9.17) is 19.9 Å². The summed E-state index contributed by atoms with van der Waals surface area (Å²) in [5.74, 6) is 1.85. The summed E-state index contributed by atoms with van der Waals surface area (Å²) in [4.78, 5) is 17.1. The van der Waals surface area contributed by atoms with Gasteiger partial charge < -0.3 is 19.9 Å². The van der Waals surface area contributed by atoms with E-state index in [1.807, 2.05) is 25.1 Å². The van der Waals surface area contributed by atoms with Crippen molar-refractivity contribution in [2.24, 2.45) is 0 Å². The molecule has 2 aromatic heterocycles. The molecule has 0 fully saturated rings. The van der Waals surface area contributed by atoms with Crippen molar-refractivity contribution in [1.29, 1.82) is 0 Å². The highest BCUT2D eigenvalue weighted by molar-refractivity contribution is 5.79. The Kier molecular flexibility index (Phi) is 3.49. The van der Waals surface area contributed by atoms with Gasteiger partial charge in [0.05, 0.1) is 18.5 Å². The number of rotatable bonds is 3. The van der Waals surface area contributed by atoms with Crippen LogP contribution in [0.15, 0.2) is 24.4 Å². The molecule has 8 heteroatoms. The SMILES string of the molecule is CCOc1nc(N)nc2ncc(-c3ccc4c(c3)OCCO4)nc12. The molecule has 1 aliphatic heterocycles. The topological polar surface area (TPSA) is 105 Å². The van der Waals surface area contributed by atoms with Crippen molar-refractivity contribution < 1.29 is 14.2 Å². The van der Waals surface area contributed by atoms with Crippen molar-refractivity contribution in [3.8, 4) is 28.6 Å². The Hall–Kier alpha value is -3.16. The van der Waals surface area contributed by atoms with Gasteiger partial charge in [-0.1, -0.05) is 0 Å². The van der Waals surface area contributed by atoms with Gasteiger partial charge in [0.2, 0.25) is 11.8 Å². The second kappa shape index (κ2) is 5.80. The van der Waals surface area contributed by atoms with Crippen molar-refractivity contribution in [3.05, 3.63) is 24.4 Å². The van der Waals surface area contributed by atoms with E-state index in [-0.39, 0.29) is 5.95 Å². The van der Waals surface area contributed by atoms with Crippen molar-refractivity contribution in [1.82, 2.24) is 19.9 Å². The van der Waals surface area contributed by atoms with E-state index in [0.717, 1.165) is 11.3 Å². The summed E-state index contributed by atoms with van der Waals surface area (Å²) >= 11 is 0. The van der Waals surface area contributed by atoms with Crippen LogP contribution < -0.4 is 19.9 Å². The molecule has 3 aromatic rings. The number of benzene rings is 1. The first kappa shape index (κ1) is 14.4. The van der Waals surface area contributed by atoms with Crippen LogP contribution in [0.3, 0.4) is 0 Å². The van der Waals surface area contributed by atoms with Gasteiger partial charge in [0, 0.05) is 5.56 Å². The summed E-state index contributed by atoms with van der Waals surface area (Å²) in [6.07, 6.45) is 1.63. The fourth-order valence-electron chi connectivity index (χ4n) is 2.48. The van der Waals surface area contributed by atoms with Gasteiger partial charge >= 0.3 is 0 Å². The smallest absolute Gasteiger partial charge is 0.247 e. The molecular formula is C16H15N5O3. The van der Waals surface area contributed by atoms with E-state index in [1.165, 1.54) is 0 Å². The second-order valence-electron chi connectivity index (χ2n) is 5.11.